The molecule has 1 saturated heterocycles. The van der Waals surface area contributed by atoms with Gasteiger partial charge in [0.25, 0.3) is 11.7 Å². The van der Waals surface area contributed by atoms with Gasteiger partial charge in [-0.1, -0.05) is 12.1 Å². The Labute approximate surface area is 192 Å². The lowest BCUT2D eigenvalue weighted by atomic mass is 9.95. The highest BCUT2D eigenvalue weighted by molar-refractivity contribution is 6.46. The van der Waals surface area contributed by atoms with Crippen LogP contribution in [0.3, 0.4) is 0 Å². The van der Waals surface area contributed by atoms with Gasteiger partial charge >= 0.3 is 0 Å². The van der Waals surface area contributed by atoms with Crippen LogP contribution < -0.4 is 9.47 Å². The van der Waals surface area contributed by atoms with Crippen LogP contribution >= 0.6 is 0 Å². The molecule has 1 atom stereocenters. The molecule has 0 aromatic heterocycles. The van der Waals surface area contributed by atoms with Crippen molar-refractivity contribution >= 4 is 17.4 Å². The molecule has 1 aliphatic heterocycles. The number of ketones is 1. The smallest absolute Gasteiger partial charge is 0.295 e. The Kier molecular flexibility index (Phi) is 7.71. The second-order valence-electron chi connectivity index (χ2n) is 7.89. The number of hydrogen-bond acceptors (Lipinski definition) is 6. The van der Waals surface area contributed by atoms with E-state index in [0.717, 1.165) is 0 Å². The third-order valence-corrected chi connectivity index (χ3v) is 5.38. The van der Waals surface area contributed by atoms with Crippen LogP contribution in [-0.2, 0) is 14.3 Å². The number of aliphatic hydroxyl groups is 1. The molecule has 176 valence electrons. The van der Waals surface area contributed by atoms with E-state index in [-0.39, 0.29) is 24.0 Å². The summed E-state index contributed by atoms with van der Waals surface area (Å²) in [5.41, 5.74) is 0.743. The van der Waals surface area contributed by atoms with E-state index < -0.39 is 23.5 Å². The number of likely N-dealkylation sites (tertiary alicyclic amines) is 1. The van der Waals surface area contributed by atoms with Gasteiger partial charge in [-0.15, -0.1) is 0 Å². The summed E-state index contributed by atoms with van der Waals surface area (Å²) in [6, 6.07) is 9.36. The molecule has 0 aliphatic carbocycles. The fraction of sp³-hybridized carbons (Fsp3) is 0.360. The quantitative estimate of drug-likeness (QED) is 0.264. The van der Waals surface area contributed by atoms with Crippen molar-refractivity contribution in [2.45, 2.75) is 32.4 Å². The number of Topliss-reactive ketones (excluding diaryl/α,β-unsaturated/α-hetero) is 1. The van der Waals surface area contributed by atoms with Gasteiger partial charge in [-0.2, -0.15) is 0 Å². The predicted molar refractivity (Wildman–Crippen MR) is 121 cm³/mol. The minimum absolute atomic E-state index is 0.0401. The Morgan fingerprint density at radius 1 is 1.06 bits per heavy atom. The van der Waals surface area contributed by atoms with Gasteiger partial charge in [-0.3, -0.25) is 9.59 Å². The number of nitrogens with zero attached hydrogens (tertiary/aromatic N) is 1. The van der Waals surface area contributed by atoms with Crippen LogP contribution in [0.4, 0.5) is 4.39 Å². The summed E-state index contributed by atoms with van der Waals surface area (Å²) in [4.78, 5) is 27.3. The summed E-state index contributed by atoms with van der Waals surface area (Å²) in [6.45, 7) is 4.47. The summed E-state index contributed by atoms with van der Waals surface area (Å²) in [6.07, 6.45) is 0.539. The van der Waals surface area contributed by atoms with E-state index in [1.807, 2.05) is 13.8 Å². The molecular formula is C25H28FNO6. The van der Waals surface area contributed by atoms with Crippen molar-refractivity contribution in [2.75, 3.05) is 27.4 Å². The monoisotopic (exact) mass is 457 g/mol. The molecule has 0 spiro atoms. The molecule has 0 bridgehead atoms. The number of ether oxygens (including phenoxy) is 3. The number of amides is 1. The number of carbonyl (C=O) groups excluding carboxylic acids is 2. The lowest BCUT2D eigenvalue weighted by Crippen LogP contribution is -2.31. The Bertz CT molecular complexity index is 1050. The number of hydrogen-bond donors (Lipinski definition) is 1. The molecule has 1 heterocycles. The molecule has 2 aromatic rings. The lowest BCUT2D eigenvalue weighted by molar-refractivity contribution is -0.140. The SMILES string of the molecule is COc1ccc(/C(O)=C2/C(=O)C(=O)N(CCCOC(C)C)C2c2ccc(F)cc2)cc1OC. The van der Waals surface area contributed by atoms with Crippen LogP contribution in [0.1, 0.15) is 37.4 Å². The van der Waals surface area contributed by atoms with Crippen molar-refractivity contribution in [2.24, 2.45) is 0 Å². The van der Waals surface area contributed by atoms with Crippen LogP contribution in [0.25, 0.3) is 5.76 Å². The van der Waals surface area contributed by atoms with E-state index in [1.165, 1.54) is 49.5 Å². The molecule has 2 aromatic carbocycles. The molecule has 1 aliphatic rings. The lowest BCUT2D eigenvalue weighted by Gasteiger charge is -2.25. The van der Waals surface area contributed by atoms with E-state index in [9.17, 15) is 19.1 Å². The van der Waals surface area contributed by atoms with Gasteiger partial charge in [-0.05, 0) is 56.2 Å². The summed E-state index contributed by atoms with van der Waals surface area (Å²) in [5.74, 6) is -1.50. The van der Waals surface area contributed by atoms with Gasteiger partial charge < -0.3 is 24.2 Å². The van der Waals surface area contributed by atoms with Crippen molar-refractivity contribution in [1.29, 1.82) is 0 Å². The second-order valence-corrected chi connectivity index (χ2v) is 7.89. The highest BCUT2D eigenvalue weighted by atomic mass is 19.1. The normalized spacial score (nSPS) is 17.6. The largest absolute Gasteiger partial charge is 0.507 e. The van der Waals surface area contributed by atoms with Crippen LogP contribution in [-0.4, -0.2) is 55.2 Å². The Morgan fingerprint density at radius 2 is 1.73 bits per heavy atom. The number of rotatable bonds is 9. The maximum absolute atomic E-state index is 13.6. The average molecular weight is 457 g/mol. The van der Waals surface area contributed by atoms with Crippen molar-refractivity contribution in [3.63, 3.8) is 0 Å². The molecule has 1 amide bonds. The number of methoxy groups -OCH3 is 2. The third-order valence-electron chi connectivity index (χ3n) is 5.38. The molecule has 1 fully saturated rings. The number of benzene rings is 2. The molecule has 7 nitrogen and oxygen atoms in total. The van der Waals surface area contributed by atoms with E-state index in [0.29, 0.717) is 35.7 Å². The third kappa shape index (κ3) is 5.17. The van der Waals surface area contributed by atoms with E-state index in [1.54, 1.807) is 12.1 Å². The topological polar surface area (TPSA) is 85.3 Å². The zero-order chi connectivity index (χ0) is 24.1. The van der Waals surface area contributed by atoms with Crippen molar-refractivity contribution in [1.82, 2.24) is 4.90 Å². The van der Waals surface area contributed by atoms with Crippen LogP contribution in [0.5, 0.6) is 11.5 Å². The molecule has 33 heavy (non-hydrogen) atoms. The molecule has 1 unspecified atom stereocenters. The Morgan fingerprint density at radius 3 is 2.33 bits per heavy atom. The number of aliphatic hydroxyl groups excluding tert-OH is 1. The van der Waals surface area contributed by atoms with E-state index in [4.69, 9.17) is 14.2 Å². The molecule has 0 radical (unpaired) electrons. The first kappa shape index (κ1) is 24.3. The Hall–Kier alpha value is -3.39. The zero-order valence-corrected chi connectivity index (χ0v) is 19.1. The molecule has 1 N–H and O–H groups in total. The van der Waals surface area contributed by atoms with E-state index in [2.05, 4.69) is 0 Å². The van der Waals surface area contributed by atoms with Gasteiger partial charge in [0.2, 0.25) is 0 Å². The van der Waals surface area contributed by atoms with Crippen molar-refractivity contribution in [3.05, 3.63) is 65.0 Å². The molecule has 8 heteroatoms. The maximum atomic E-state index is 13.6. The van der Waals surface area contributed by atoms with Crippen LogP contribution in [0.2, 0.25) is 0 Å². The van der Waals surface area contributed by atoms with Crippen molar-refractivity contribution in [3.8, 4) is 11.5 Å². The summed E-state index contributed by atoms with van der Waals surface area (Å²) < 4.78 is 29.6. The fourth-order valence-corrected chi connectivity index (χ4v) is 3.80. The first-order valence-electron chi connectivity index (χ1n) is 10.7. The zero-order valence-electron chi connectivity index (χ0n) is 19.1. The minimum atomic E-state index is -0.863. The molecular weight excluding hydrogens is 429 g/mol. The van der Waals surface area contributed by atoms with Gasteiger partial charge in [-0.25, -0.2) is 4.39 Å². The van der Waals surface area contributed by atoms with Gasteiger partial charge in [0.1, 0.15) is 11.6 Å². The van der Waals surface area contributed by atoms with Crippen molar-refractivity contribution < 1.29 is 33.3 Å². The van der Waals surface area contributed by atoms with Gasteiger partial charge in [0.05, 0.1) is 31.9 Å². The standard InChI is InChI=1S/C25H28FNO6/c1-15(2)33-13-5-12-27-22(16-6-9-18(26)10-7-16)21(24(29)25(27)30)23(28)17-8-11-19(31-3)20(14-17)32-4/h6-11,14-15,22,28H,5,12-13H2,1-4H3/b23-21-. The summed E-state index contributed by atoms with van der Waals surface area (Å²) >= 11 is 0. The molecule has 3 rings (SSSR count). The highest BCUT2D eigenvalue weighted by Crippen LogP contribution is 2.40. The summed E-state index contributed by atoms with van der Waals surface area (Å²) in [5, 5.41) is 11.1. The molecule has 0 saturated carbocycles. The second kappa shape index (κ2) is 10.5. The number of halogens is 1. The van der Waals surface area contributed by atoms with Gasteiger partial charge in [0, 0.05) is 18.7 Å². The first-order chi connectivity index (χ1) is 15.8. The highest BCUT2D eigenvalue weighted by Gasteiger charge is 2.45. The number of carbonyl (C=O) groups is 2. The summed E-state index contributed by atoms with van der Waals surface area (Å²) in [7, 11) is 2.94. The Balaban J connectivity index is 2.06. The predicted octanol–water partition coefficient (Wildman–Crippen LogP) is 4.08. The van der Waals surface area contributed by atoms with Crippen LogP contribution in [0.15, 0.2) is 48.0 Å². The average Bonchev–Trinajstić information content (AvgIpc) is 3.06. The first-order valence-corrected chi connectivity index (χ1v) is 10.7. The van der Waals surface area contributed by atoms with E-state index >= 15 is 0 Å². The maximum Gasteiger partial charge on any atom is 0.295 e. The fourth-order valence-electron chi connectivity index (χ4n) is 3.80. The van der Waals surface area contributed by atoms with Gasteiger partial charge in [0.15, 0.2) is 11.5 Å². The minimum Gasteiger partial charge on any atom is -0.507 e. The van der Waals surface area contributed by atoms with Crippen LogP contribution in [0, 0.1) is 5.82 Å².